The van der Waals surface area contributed by atoms with Crippen LogP contribution in [0.3, 0.4) is 0 Å². The van der Waals surface area contributed by atoms with Crippen LogP contribution < -0.4 is 0 Å². The van der Waals surface area contributed by atoms with E-state index in [0.717, 1.165) is 19.3 Å². The van der Waals surface area contributed by atoms with Crippen molar-refractivity contribution < 1.29 is 14.6 Å². The summed E-state index contributed by atoms with van der Waals surface area (Å²) in [5.41, 5.74) is 0. The predicted octanol–water partition coefficient (Wildman–Crippen LogP) is 2.08. The number of rotatable bonds is 3. The zero-order valence-corrected chi connectivity index (χ0v) is 10.5. The van der Waals surface area contributed by atoms with E-state index in [9.17, 15) is 5.11 Å². The normalized spacial score (nSPS) is 25.6. The van der Waals surface area contributed by atoms with Gasteiger partial charge in [0, 0.05) is 12.8 Å². The fourth-order valence-electron chi connectivity index (χ4n) is 1.72. The minimum atomic E-state index is -0.578. The van der Waals surface area contributed by atoms with Crippen molar-refractivity contribution in [2.24, 2.45) is 0 Å². The number of unbranched alkanes of at least 4 members (excludes halogenated alkanes) is 1. The molecule has 3 heteroatoms. The summed E-state index contributed by atoms with van der Waals surface area (Å²) in [5.74, 6) is 5.27. The molecule has 1 fully saturated rings. The van der Waals surface area contributed by atoms with E-state index < -0.39 is 11.9 Å². The van der Waals surface area contributed by atoms with E-state index in [4.69, 9.17) is 9.47 Å². The summed E-state index contributed by atoms with van der Waals surface area (Å²) in [4.78, 5) is 0. The first-order chi connectivity index (χ1) is 7.53. The maximum Gasteiger partial charge on any atom is 0.163 e. The lowest BCUT2D eigenvalue weighted by atomic mass is 10.1. The van der Waals surface area contributed by atoms with Gasteiger partial charge in [-0.15, -0.1) is 5.92 Å². The van der Waals surface area contributed by atoms with Crippen molar-refractivity contribution in [3.8, 4) is 11.8 Å². The Balaban J connectivity index is 2.34. The van der Waals surface area contributed by atoms with Gasteiger partial charge < -0.3 is 14.6 Å². The molecule has 0 bridgehead atoms. The number of hydrogen-bond donors (Lipinski definition) is 1. The Morgan fingerprint density at radius 2 is 2.25 bits per heavy atom. The Morgan fingerprint density at radius 1 is 1.50 bits per heavy atom. The van der Waals surface area contributed by atoms with Gasteiger partial charge in [0.05, 0.1) is 12.7 Å². The van der Waals surface area contributed by atoms with Gasteiger partial charge >= 0.3 is 0 Å². The topological polar surface area (TPSA) is 38.7 Å². The smallest absolute Gasteiger partial charge is 0.163 e. The average Bonchev–Trinajstić information content (AvgIpc) is 2.16. The molecule has 0 aliphatic carbocycles. The van der Waals surface area contributed by atoms with Crippen LogP contribution in [-0.4, -0.2) is 29.7 Å². The van der Waals surface area contributed by atoms with Crippen molar-refractivity contribution in [2.75, 3.05) is 6.61 Å². The van der Waals surface area contributed by atoms with Crippen LogP contribution in [0.2, 0.25) is 0 Å². The van der Waals surface area contributed by atoms with Gasteiger partial charge in [-0.2, -0.15) is 0 Å². The zero-order valence-electron chi connectivity index (χ0n) is 10.5. The molecular weight excluding hydrogens is 204 g/mol. The molecule has 92 valence electrons. The van der Waals surface area contributed by atoms with Crippen LogP contribution >= 0.6 is 0 Å². The Hall–Kier alpha value is -0.560. The molecule has 0 aromatic carbocycles. The molecule has 1 rings (SSSR count). The van der Waals surface area contributed by atoms with Crippen molar-refractivity contribution >= 4 is 0 Å². The quantitative estimate of drug-likeness (QED) is 0.749. The molecule has 2 atom stereocenters. The highest BCUT2D eigenvalue weighted by Gasteiger charge is 2.30. The predicted molar refractivity (Wildman–Crippen MR) is 62.8 cm³/mol. The van der Waals surface area contributed by atoms with Crippen molar-refractivity contribution in [1.82, 2.24) is 0 Å². The van der Waals surface area contributed by atoms with Gasteiger partial charge in [0.2, 0.25) is 0 Å². The monoisotopic (exact) mass is 226 g/mol. The van der Waals surface area contributed by atoms with Crippen molar-refractivity contribution in [2.45, 2.75) is 64.4 Å². The molecule has 1 saturated heterocycles. The summed E-state index contributed by atoms with van der Waals surface area (Å²) in [6.07, 6.45) is 2.75. The van der Waals surface area contributed by atoms with Crippen LogP contribution in [0.25, 0.3) is 0 Å². The molecule has 1 heterocycles. The van der Waals surface area contributed by atoms with Gasteiger partial charge in [0.15, 0.2) is 5.79 Å². The molecule has 0 saturated carbocycles. The van der Waals surface area contributed by atoms with Crippen LogP contribution in [0.4, 0.5) is 0 Å². The fraction of sp³-hybridized carbons (Fsp3) is 0.846. The first-order valence-electron chi connectivity index (χ1n) is 6.01. The van der Waals surface area contributed by atoms with Crippen molar-refractivity contribution in [3.63, 3.8) is 0 Å². The number of aliphatic hydroxyl groups excluding tert-OH is 1. The number of aliphatic hydroxyl groups is 1. The number of ether oxygens (including phenoxy) is 2. The molecule has 0 aromatic heterocycles. The maximum absolute atomic E-state index is 9.70. The van der Waals surface area contributed by atoms with Crippen LogP contribution in [-0.2, 0) is 9.47 Å². The number of hydrogen-bond acceptors (Lipinski definition) is 3. The molecule has 0 spiro atoms. The molecule has 3 nitrogen and oxygen atoms in total. The Kier molecular flexibility index (Phi) is 5.27. The summed E-state index contributed by atoms with van der Waals surface area (Å²) in [6.45, 7) is 6.56. The van der Waals surface area contributed by atoms with Crippen molar-refractivity contribution in [3.05, 3.63) is 0 Å². The first-order valence-corrected chi connectivity index (χ1v) is 6.01. The van der Waals surface area contributed by atoms with Crippen LogP contribution in [0.1, 0.15) is 46.5 Å². The van der Waals surface area contributed by atoms with E-state index in [1.54, 1.807) is 0 Å². The maximum atomic E-state index is 9.70. The summed E-state index contributed by atoms with van der Waals surface area (Å²) in [7, 11) is 0. The van der Waals surface area contributed by atoms with Crippen LogP contribution in [0.15, 0.2) is 0 Å². The summed E-state index contributed by atoms with van der Waals surface area (Å²) in [5, 5.41) is 9.70. The highest BCUT2D eigenvalue weighted by molar-refractivity contribution is 5.04. The summed E-state index contributed by atoms with van der Waals surface area (Å²) >= 11 is 0. The lowest BCUT2D eigenvalue weighted by Crippen LogP contribution is -2.40. The molecule has 0 amide bonds. The second-order valence-corrected chi connectivity index (χ2v) is 4.60. The first kappa shape index (κ1) is 13.5. The van der Waals surface area contributed by atoms with Gasteiger partial charge in [0.1, 0.15) is 6.10 Å². The highest BCUT2D eigenvalue weighted by Crippen LogP contribution is 2.24. The van der Waals surface area contributed by atoms with E-state index in [1.165, 1.54) is 0 Å². The molecule has 16 heavy (non-hydrogen) atoms. The second kappa shape index (κ2) is 6.24. The lowest BCUT2D eigenvalue weighted by Gasteiger charge is -2.36. The second-order valence-electron chi connectivity index (χ2n) is 4.60. The molecule has 0 unspecified atom stereocenters. The minimum absolute atomic E-state index is 0.0506. The van der Waals surface area contributed by atoms with Crippen LogP contribution in [0, 0.1) is 11.8 Å². The lowest BCUT2D eigenvalue weighted by molar-refractivity contribution is -0.275. The molecule has 1 N–H and O–H groups in total. The zero-order chi connectivity index (χ0) is 12.0. The molecule has 1 aliphatic heterocycles. The largest absolute Gasteiger partial charge is 0.380 e. The van der Waals surface area contributed by atoms with Crippen LogP contribution in [0.5, 0.6) is 0 Å². The third kappa shape index (κ3) is 4.98. The highest BCUT2D eigenvalue weighted by atomic mass is 16.7. The third-order valence-electron chi connectivity index (χ3n) is 2.47. The van der Waals surface area contributed by atoms with E-state index >= 15 is 0 Å². The third-order valence-corrected chi connectivity index (χ3v) is 2.47. The molecule has 0 aromatic rings. The summed E-state index contributed by atoms with van der Waals surface area (Å²) < 4.78 is 11.1. The van der Waals surface area contributed by atoms with Gasteiger partial charge in [-0.25, -0.2) is 0 Å². The minimum Gasteiger partial charge on any atom is -0.380 e. The SMILES string of the molecule is CCCC#C[C@H](O)C[C@@H]1CCOC(C)(C)O1. The van der Waals surface area contributed by atoms with Crippen molar-refractivity contribution in [1.29, 1.82) is 0 Å². The van der Waals surface area contributed by atoms with E-state index in [1.807, 2.05) is 13.8 Å². The van der Waals surface area contributed by atoms with Gasteiger partial charge in [-0.05, 0) is 26.7 Å². The van der Waals surface area contributed by atoms with Gasteiger partial charge in [-0.1, -0.05) is 12.8 Å². The fourth-order valence-corrected chi connectivity index (χ4v) is 1.72. The molecular formula is C13H22O3. The van der Waals surface area contributed by atoms with E-state index in [2.05, 4.69) is 18.8 Å². The van der Waals surface area contributed by atoms with Gasteiger partial charge in [-0.3, -0.25) is 0 Å². The Morgan fingerprint density at radius 3 is 2.88 bits per heavy atom. The standard InChI is InChI=1S/C13H22O3/c1-4-5-6-7-11(14)10-12-8-9-15-13(2,3)16-12/h11-12,14H,4-5,8-10H2,1-3H3/t11-,12-/m0/s1. The van der Waals surface area contributed by atoms with Gasteiger partial charge in [0.25, 0.3) is 0 Å². The molecule has 1 aliphatic rings. The van der Waals surface area contributed by atoms with E-state index in [-0.39, 0.29) is 6.10 Å². The summed E-state index contributed by atoms with van der Waals surface area (Å²) in [6, 6.07) is 0. The Labute approximate surface area is 98.1 Å². The Bertz CT molecular complexity index is 262. The van der Waals surface area contributed by atoms with E-state index in [0.29, 0.717) is 13.0 Å². The average molecular weight is 226 g/mol. The molecule has 0 radical (unpaired) electrons.